The van der Waals surface area contributed by atoms with Gasteiger partial charge in [0.05, 0.1) is 44.1 Å². The van der Waals surface area contributed by atoms with Crippen molar-refractivity contribution >= 4 is 69.6 Å². The molecule has 9 heteroatoms. The first kappa shape index (κ1) is 22.2. The molecule has 5 nitrogen and oxygen atoms in total. The van der Waals surface area contributed by atoms with E-state index in [2.05, 4.69) is 10.6 Å². The van der Waals surface area contributed by atoms with Crippen LogP contribution in [0, 0.1) is 0 Å². The first-order chi connectivity index (χ1) is 14.3. The third kappa shape index (κ3) is 4.82. The van der Waals surface area contributed by atoms with Crippen molar-refractivity contribution in [1.29, 1.82) is 0 Å². The number of carbonyl (C=O) groups excluding carboxylic acids is 2. The molecule has 0 radical (unpaired) electrons. The van der Waals surface area contributed by atoms with Crippen LogP contribution in [0.5, 0.6) is 5.75 Å². The SMILES string of the molecule is COc1ccc(C(=O)Nc2c(Cl)cccc2Cl)cc1C(=O)Nc1c(Cl)cccc1Cl. The highest BCUT2D eigenvalue weighted by molar-refractivity contribution is 6.40. The number of ether oxygens (including phenoxy) is 1. The first-order valence-corrected chi connectivity index (χ1v) is 10.0. The van der Waals surface area contributed by atoms with Gasteiger partial charge in [0.2, 0.25) is 0 Å². The predicted octanol–water partition coefficient (Wildman–Crippen LogP) is 6.81. The van der Waals surface area contributed by atoms with E-state index in [0.29, 0.717) is 0 Å². The third-order valence-corrected chi connectivity index (χ3v) is 5.37. The molecule has 2 N–H and O–H groups in total. The summed E-state index contributed by atoms with van der Waals surface area (Å²) in [4.78, 5) is 25.6. The molecular formula is C21H14Cl4N2O3. The molecule has 0 atom stereocenters. The Morgan fingerprint density at radius 3 is 1.67 bits per heavy atom. The molecule has 30 heavy (non-hydrogen) atoms. The van der Waals surface area contributed by atoms with Crippen LogP contribution in [0.25, 0.3) is 0 Å². The quantitative estimate of drug-likeness (QED) is 0.418. The normalized spacial score (nSPS) is 10.4. The zero-order valence-corrected chi connectivity index (χ0v) is 18.5. The second-order valence-corrected chi connectivity index (χ2v) is 7.65. The molecule has 2 amide bonds. The Morgan fingerprint density at radius 1 is 0.733 bits per heavy atom. The van der Waals surface area contributed by atoms with Crippen molar-refractivity contribution in [3.8, 4) is 5.75 Å². The third-order valence-electron chi connectivity index (χ3n) is 4.11. The molecule has 0 aromatic heterocycles. The average Bonchev–Trinajstić information content (AvgIpc) is 2.72. The summed E-state index contributed by atoms with van der Waals surface area (Å²) in [5.74, 6) is -0.784. The summed E-state index contributed by atoms with van der Waals surface area (Å²) in [6.07, 6.45) is 0. The average molecular weight is 484 g/mol. The van der Waals surface area contributed by atoms with E-state index >= 15 is 0 Å². The van der Waals surface area contributed by atoms with Crippen molar-refractivity contribution in [3.63, 3.8) is 0 Å². The summed E-state index contributed by atoms with van der Waals surface area (Å²) in [6.45, 7) is 0. The van der Waals surface area contributed by atoms with Crippen molar-refractivity contribution < 1.29 is 14.3 Å². The highest BCUT2D eigenvalue weighted by Crippen LogP contribution is 2.32. The molecule has 0 aliphatic rings. The van der Waals surface area contributed by atoms with Gasteiger partial charge < -0.3 is 15.4 Å². The van der Waals surface area contributed by atoms with Crippen LogP contribution in [-0.4, -0.2) is 18.9 Å². The number of benzene rings is 3. The van der Waals surface area contributed by atoms with Gasteiger partial charge in [-0.25, -0.2) is 0 Å². The number of hydrogen-bond donors (Lipinski definition) is 2. The fraction of sp³-hybridized carbons (Fsp3) is 0.0476. The van der Waals surface area contributed by atoms with E-state index < -0.39 is 11.8 Å². The maximum absolute atomic E-state index is 12.9. The Hall–Kier alpha value is -2.44. The van der Waals surface area contributed by atoms with Gasteiger partial charge >= 0.3 is 0 Å². The number of methoxy groups -OCH3 is 1. The molecule has 0 aliphatic heterocycles. The Balaban J connectivity index is 1.91. The van der Waals surface area contributed by atoms with E-state index in [1.54, 1.807) is 36.4 Å². The van der Waals surface area contributed by atoms with E-state index in [1.807, 2.05) is 0 Å². The lowest BCUT2D eigenvalue weighted by Crippen LogP contribution is -2.17. The molecule has 3 aromatic rings. The van der Waals surface area contributed by atoms with Gasteiger partial charge in [-0.05, 0) is 42.5 Å². The highest BCUT2D eigenvalue weighted by atomic mass is 35.5. The summed E-state index contributed by atoms with van der Waals surface area (Å²) in [7, 11) is 1.41. The fourth-order valence-electron chi connectivity index (χ4n) is 2.63. The van der Waals surface area contributed by atoms with Crippen molar-refractivity contribution in [2.24, 2.45) is 0 Å². The van der Waals surface area contributed by atoms with Crippen molar-refractivity contribution in [3.05, 3.63) is 85.8 Å². The lowest BCUT2D eigenvalue weighted by atomic mass is 10.1. The molecule has 0 heterocycles. The van der Waals surface area contributed by atoms with Gasteiger partial charge in [-0.2, -0.15) is 0 Å². The van der Waals surface area contributed by atoms with Crippen molar-refractivity contribution in [2.75, 3.05) is 17.7 Å². The van der Waals surface area contributed by atoms with Crippen molar-refractivity contribution in [2.45, 2.75) is 0 Å². The monoisotopic (exact) mass is 482 g/mol. The summed E-state index contributed by atoms with van der Waals surface area (Å²) in [6, 6.07) is 14.1. The molecular weight excluding hydrogens is 470 g/mol. The predicted molar refractivity (Wildman–Crippen MR) is 122 cm³/mol. The molecule has 0 bridgehead atoms. The number of carbonyl (C=O) groups is 2. The molecule has 0 saturated heterocycles. The largest absolute Gasteiger partial charge is 0.496 e. The zero-order chi connectivity index (χ0) is 21.8. The van der Waals surface area contributed by atoms with Crippen molar-refractivity contribution in [1.82, 2.24) is 0 Å². The van der Waals surface area contributed by atoms with Crippen LogP contribution in [0.3, 0.4) is 0 Å². The van der Waals surface area contributed by atoms with Crippen LogP contribution in [0.15, 0.2) is 54.6 Å². The topological polar surface area (TPSA) is 67.4 Å². The molecule has 0 unspecified atom stereocenters. The van der Waals surface area contributed by atoms with E-state index in [4.69, 9.17) is 51.1 Å². The van der Waals surface area contributed by atoms with Crippen LogP contribution in [-0.2, 0) is 0 Å². The lowest BCUT2D eigenvalue weighted by molar-refractivity contribution is 0.102. The van der Waals surface area contributed by atoms with E-state index in [0.717, 1.165) is 0 Å². The zero-order valence-electron chi connectivity index (χ0n) is 15.4. The van der Waals surface area contributed by atoms with E-state index in [9.17, 15) is 9.59 Å². The van der Waals surface area contributed by atoms with Crippen LogP contribution < -0.4 is 15.4 Å². The second kappa shape index (κ2) is 9.58. The molecule has 154 valence electrons. The minimum Gasteiger partial charge on any atom is -0.496 e. The Bertz CT molecular complexity index is 1090. The number of nitrogens with one attached hydrogen (secondary N) is 2. The molecule has 0 saturated carbocycles. The fourth-order valence-corrected chi connectivity index (χ4v) is 3.61. The van der Waals surface area contributed by atoms with Crippen LogP contribution in [0.1, 0.15) is 20.7 Å². The number of anilines is 2. The minimum absolute atomic E-state index is 0.117. The van der Waals surface area contributed by atoms with Gasteiger partial charge in [-0.3, -0.25) is 9.59 Å². The van der Waals surface area contributed by atoms with Gasteiger partial charge in [0.15, 0.2) is 0 Å². The summed E-state index contributed by atoms with van der Waals surface area (Å²) in [5, 5.41) is 6.42. The smallest absolute Gasteiger partial charge is 0.259 e. The maximum atomic E-state index is 12.9. The summed E-state index contributed by atoms with van der Waals surface area (Å²) in [5.41, 5.74) is 0.842. The molecule has 3 rings (SSSR count). The van der Waals surface area contributed by atoms with E-state index in [-0.39, 0.29) is 48.3 Å². The van der Waals surface area contributed by atoms with E-state index in [1.165, 1.54) is 25.3 Å². The Labute approximate surface area is 192 Å². The summed E-state index contributed by atoms with van der Waals surface area (Å²) >= 11 is 24.4. The second-order valence-electron chi connectivity index (χ2n) is 6.02. The number of amides is 2. The molecule has 0 fully saturated rings. The van der Waals surface area contributed by atoms with Crippen LogP contribution >= 0.6 is 46.4 Å². The van der Waals surface area contributed by atoms with Gasteiger partial charge in [-0.15, -0.1) is 0 Å². The van der Waals surface area contributed by atoms with Crippen LogP contribution in [0.4, 0.5) is 11.4 Å². The van der Waals surface area contributed by atoms with Gasteiger partial charge in [0, 0.05) is 5.56 Å². The lowest BCUT2D eigenvalue weighted by Gasteiger charge is -2.14. The first-order valence-electron chi connectivity index (χ1n) is 8.50. The Kier molecular flexibility index (Phi) is 7.10. The summed E-state index contributed by atoms with van der Waals surface area (Å²) < 4.78 is 5.26. The van der Waals surface area contributed by atoms with Gasteiger partial charge in [0.1, 0.15) is 5.75 Å². The van der Waals surface area contributed by atoms with Gasteiger partial charge in [0.25, 0.3) is 11.8 Å². The highest BCUT2D eigenvalue weighted by Gasteiger charge is 2.19. The number of para-hydroxylation sites is 2. The number of rotatable bonds is 5. The molecule has 0 spiro atoms. The standard InChI is InChI=1S/C21H14Cl4N2O3/c1-30-17-9-8-11(20(28)26-18-13(22)4-2-5-14(18)23)10-12(17)21(29)27-19-15(24)6-3-7-16(19)25/h2-10H,1H3,(H,26,28)(H,27,29). The maximum Gasteiger partial charge on any atom is 0.259 e. The Morgan fingerprint density at radius 2 is 1.20 bits per heavy atom. The molecule has 3 aromatic carbocycles. The number of hydrogen-bond acceptors (Lipinski definition) is 3. The van der Waals surface area contributed by atoms with Gasteiger partial charge in [-0.1, -0.05) is 58.5 Å². The molecule has 0 aliphatic carbocycles. The van der Waals surface area contributed by atoms with Crippen LogP contribution in [0.2, 0.25) is 20.1 Å². The minimum atomic E-state index is -0.549. The number of halogens is 4.